The van der Waals surface area contributed by atoms with Gasteiger partial charge in [0.15, 0.2) is 0 Å². The molecule has 7 heteroatoms. The Balaban J connectivity index is 1.69. The second-order valence-electron chi connectivity index (χ2n) is 7.22. The molecule has 6 nitrogen and oxygen atoms in total. The molecule has 3 rings (SSSR count). The summed E-state index contributed by atoms with van der Waals surface area (Å²) < 4.78 is 28.0. The molecular formula is C21H27N3O3S. The number of nitrogens with zero attached hydrogens (tertiary/aromatic N) is 2. The average Bonchev–Trinajstić information content (AvgIpc) is 2.72. The molecule has 1 atom stereocenters. The summed E-state index contributed by atoms with van der Waals surface area (Å²) in [5.41, 5.74) is 2.87. The minimum Gasteiger partial charge on any atom is -0.338 e. The average molecular weight is 402 g/mol. The van der Waals surface area contributed by atoms with Gasteiger partial charge in [-0.05, 0) is 48.2 Å². The number of benzene rings is 1. The largest absolute Gasteiger partial charge is 0.338 e. The Morgan fingerprint density at radius 3 is 2.79 bits per heavy atom. The summed E-state index contributed by atoms with van der Waals surface area (Å²) in [6, 6.07) is 10.8. The van der Waals surface area contributed by atoms with E-state index in [0.717, 1.165) is 29.7 Å². The summed E-state index contributed by atoms with van der Waals surface area (Å²) in [5.74, 6) is 0.122. The zero-order chi connectivity index (χ0) is 20.1. The summed E-state index contributed by atoms with van der Waals surface area (Å²) in [6.07, 6.45) is 3.78. The van der Waals surface area contributed by atoms with Crippen LogP contribution in [-0.4, -0.2) is 37.3 Å². The van der Waals surface area contributed by atoms with Gasteiger partial charge in [0.05, 0.1) is 4.90 Å². The number of pyridine rings is 1. The van der Waals surface area contributed by atoms with E-state index in [1.165, 1.54) is 0 Å². The molecule has 1 unspecified atom stereocenters. The van der Waals surface area contributed by atoms with Crippen molar-refractivity contribution in [1.82, 2.24) is 14.6 Å². The van der Waals surface area contributed by atoms with Crippen LogP contribution in [0.15, 0.2) is 47.5 Å². The first kappa shape index (κ1) is 20.5. The van der Waals surface area contributed by atoms with Gasteiger partial charge >= 0.3 is 0 Å². The van der Waals surface area contributed by atoms with Crippen molar-refractivity contribution < 1.29 is 13.2 Å². The fourth-order valence-electron chi connectivity index (χ4n) is 3.32. The number of hydrogen-bond donors (Lipinski definition) is 1. The minimum atomic E-state index is -3.60. The van der Waals surface area contributed by atoms with Crippen LogP contribution in [0.25, 0.3) is 0 Å². The van der Waals surface area contributed by atoms with E-state index in [2.05, 4.69) is 9.71 Å². The smallest absolute Gasteiger partial charge is 0.240 e. The molecule has 2 heterocycles. The maximum Gasteiger partial charge on any atom is 0.240 e. The van der Waals surface area contributed by atoms with E-state index in [1.807, 2.05) is 43.0 Å². The van der Waals surface area contributed by atoms with Crippen molar-refractivity contribution in [2.45, 2.75) is 44.6 Å². The molecule has 0 radical (unpaired) electrons. The summed E-state index contributed by atoms with van der Waals surface area (Å²) in [5, 5.41) is 0. The Kier molecular flexibility index (Phi) is 6.46. The highest BCUT2D eigenvalue weighted by atomic mass is 32.2. The number of aromatic nitrogens is 1. The van der Waals surface area contributed by atoms with Gasteiger partial charge in [-0.15, -0.1) is 0 Å². The van der Waals surface area contributed by atoms with Crippen LogP contribution in [0.5, 0.6) is 0 Å². The van der Waals surface area contributed by atoms with Crippen LogP contribution < -0.4 is 4.72 Å². The lowest BCUT2D eigenvalue weighted by Gasteiger charge is -2.31. The number of carbonyl (C=O) groups is 1. The third-order valence-corrected chi connectivity index (χ3v) is 6.70. The van der Waals surface area contributed by atoms with Crippen LogP contribution in [-0.2, 0) is 34.2 Å². The SMILES string of the molecule is CCC(C)C(=O)N1CCc2ccc(S(=O)(=O)NCCc3ccccn3)cc2C1. The van der Waals surface area contributed by atoms with Gasteiger partial charge in [-0.3, -0.25) is 9.78 Å². The molecule has 0 saturated carbocycles. The molecule has 1 aliphatic heterocycles. The molecule has 0 bridgehead atoms. The van der Waals surface area contributed by atoms with Gasteiger partial charge in [0.2, 0.25) is 15.9 Å². The van der Waals surface area contributed by atoms with Gasteiger partial charge in [0.25, 0.3) is 0 Å². The highest BCUT2D eigenvalue weighted by Gasteiger charge is 2.25. The van der Waals surface area contributed by atoms with Crippen molar-refractivity contribution in [1.29, 1.82) is 0 Å². The number of rotatable bonds is 7. The molecule has 1 amide bonds. The zero-order valence-electron chi connectivity index (χ0n) is 16.4. The van der Waals surface area contributed by atoms with E-state index in [1.54, 1.807) is 18.3 Å². The van der Waals surface area contributed by atoms with E-state index in [4.69, 9.17) is 0 Å². The third kappa shape index (κ3) is 4.77. The predicted octanol–water partition coefficient (Wildman–Crippen LogP) is 2.53. The first-order valence-corrected chi connectivity index (χ1v) is 11.2. The molecule has 1 aromatic carbocycles. The fraction of sp³-hybridized carbons (Fsp3) is 0.429. The van der Waals surface area contributed by atoms with Crippen LogP contribution in [0.2, 0.25) is 0 Å². The van der Waals surface area contributed by atoms with E-state index in [-0.39, 0.29) is 23.3 Å². The van der Waals surface area contributed by atoms with Crippen molar-refractivity contribution in [3.8, 4) is 0 Å². The third-order valence-electron chi connectivity index (χ3n) is 5.25. The minimum absolute atomic E-state index is 0.0123. The molecule has 0 spiro atoms. The number of nitrogens with one attached hydrogen (secondary N) is 1. The van der Waals surface area contributed by atoms with E-state index in [9.17, 15) is 13.2 Å². The van der Waals surface area contributed by atoms with Gasteiger partial charge in [-0.25, -0.2) is 13.1 Å². The highest BCUT2D eigenvalue weighted by molar-refractivity contribution is 7.89. The van der Waals surface area contributed by atoms with Crippen LogP contribution in [0.4, 0.5) is 0 Å². The van der Waals surface area contributed by atoms with Gasteiger partial charge < -0.3 is 4.90 Å². The summed E-state index contributed by atoms with van der Waals surface area (Å²) >= 11 is 0. The highest BCUT2D eigenvalue weighted by Crippen LogP contribution is 2.24. The second-order valence-corrected chi connectivity index (χ2v) is 8.99. The maximum absolute atomic E-state index is 12.7. The van der Waals surface area contributed by atoms with Gasteiger partial charge in [-0.1, -0.05) is 26.0 Å². The van der Waals surface area contributed by atoms with Crippen LogP contribution >= 0.6 is 0 Å². The number of amides is 1. The van der Waals surface area contributed by atoms with Crippen molar-refractivity contribution >= 4 is 15.9 Å². The Hall–Kier alpha value is -2.25. The van der Waals surface area contributed by atoms with Gasteiger partial charge in [0.1, 0.15) is 0 Å². The molecular weight excluding hydrogens is 374 g/mol. The Bertz CT molecular complexity index is 929. The molecule has 0 saturated heterocycles. The second kappa shape index (κ2) is 8.84. The van der Waals surface area contributed by atoms with Gasteiger partial charge in [0, 0.05) is 43.9 Å². The Morgan fingerprint density at radius 2 is 2.07 bits per heavy atom. The van der Waals surface area contributed by atoms with Crippen molar-refractivity contribution in [3.05, 3.63) is 59.4 Å². The van der Waals surface area contributed by atoms with E-state index >= 15 is 0 Å². The topological polar surface area (TPSA) is 79.4 Å². The van der Waals surface area contributed by atoms with Crippen LogP contribution in [0, 0.1) is 5.92 Å². The van der Waals surface area contributed by atoms with Crippen LogP contribution in [0.3, 0.4) is 0 Å². The Labute approximate surface area is 167 Å². The molecule has 1 aliphatic rings. The first-order chi connectivity index (χ1) is 13.4. The molecule has 28 heavy (non-hydrogen) atoms. The standard InChI is InChI=1S/C21H27N3O3S/c1-3-16(2)21(25)24-13-10-17-7-8-20(14-18(17)15-24)28(26,27)23-12-9-19-6-4-5-11-22-19/h4-8,11,14,16,23H,3,9-10,12-13,15H2,1-2H3. The lowest BCUT2D eigenvalue weighted by molar-refractivity contribution is -0.136. The normalized spacial score (nSPS) is 15.1. The molecule has 1 N–H and O–H groups in total. The van der Waals surface area contributed by atoms with Gasteiger partial charge in [-0.2, -0.15) is 0 Å². The van der Waals surface area contributed by atoms with Crippen LogP contribution in [0.1, 0.15) is 37.1 Å². The van der Waals surface area contributed by atoms with Crippen molar-refractivity contribution in [3.63, 3.8) is 0 Å². The Morgan fingerprint density at radius 1 is 1.25 bits per heavy atom. The van der Waals surface area contributed by atoms with E-state index < -0.39 is 10.0 Å². The number of hydrogen-bond acceptors (Lipinski definition) is 4. The lowest BCUT2D eigenvalue weighted by Crippen LogP contribution is -2.39. The number of carbonyl (C=O) groups excluding carboxylic acids is 1. The monoisotopic (exact) mass is 401 g/mol. The molecule has 2 aromatic rings. The summed E-state index contributed by atoms with van der Waals surface area (Å²) in [7, 11) is -3.60. The van der Waals surface area contributed by atoms with Crippen molar-refractivity contribution in [2.75, 3.05) is 13.1 Å². The summed E-state index contributed by atoms with van der Waals surface area (Å²) in [4.78, 5) is 18.8. The first-order valence-electron chi connectivity index (χ1n) is 9.71. The van der Waals surface area contributed by atoms with Crippen molar-refractivity contribution in [2.24, 2.45) is 5.92 Å². The summed E-state index contributed by atoms with van der Waals surface area (Å²) in [6.45, 7) is 5.38. The predicted molar refractivity (Wildman–Crippen MR) is 108 cm³/mol. The number of sulfonamides is 1. The molecule has 0 aliphatic carbocycles. The lowest BCUT2D eigenvalue weighted by atomic mass is 9.98. The molecule has 150 valence electrons. The molecule has 1 aromatic heterocycles. The fourth-order valence-corrected chi connectivity index (χ4v) is 4.40. The zero-order valence-corrected chi connectivity index (χ0v) is 17.2. The van der Waals surface area contributed by atoms with E-state index in [0.29, 0.717) is 19.5 Å². The quantitative estimate of drug-likeness (QED) is 0.773. The molecule has 0 fully saturated rings. The number of fused-ring (bicyclic) bond motifs is 1. The maximum atomic E-state index is 12.7.